The number of hydrogen-bond acceptors (Lipinski definition) is 2. The predicted octanol–water partition coefficient (Wildman–Crippen LogP) is 2.49. The lowest BCUT2D eigenvalue weighted by molar-refractivity contribution is -0.122. The first kappa shape index (κ1) is 14.1. The zero-order valence-electron chi connectivity index (χ0n) is 11.6. The number of alkyl halides is 1. The van der Waals surface area contributed by atoms with Gasteiger partial charge in [-0.15, -0.1) is 0 Å². The summed E-state index contributed by atoms with van der Waals surface area (Å²) < 4.78 is 5.05. The van der Waals surface area contributed by atoms with Crippen LogP contribution in [-0.2, 0) is 16.0 Å². The van der Waals surface area contributed by atoms with Crippen LogP contribution in [0.3, 0.4) is 0 Å². The van der Waals surface area contributed by atoms with E-state index in [1.165, 1.54) is 11.1 Å². The molecule has 1 saturated carbocycles. The van der Waals surface area contributed by atoms with Crippen molar-refractivity contribution >= 4 is 21.8 Å². The predicted molar refractivity (Wildman–Crippen MR) is 82.1 cm³/mol. The van der Waals surface area contributed by atoms with Crippen LogP contribution >= 0.6 is 15.9 Å². The van der Waals surface area contributed by atoms with Gasteiger partial charge >= 0.3 is 0 Å². The third kappa shape index (κ3) is 2.63. The van der Waals surface area contributed by atoms with Crippen molar-refractivity contribution in [2.75, 3.05) is 20.3 Å². The Morgan fingerprint density at radius 2 is 2.30 bits per heavy atom. The number of nitrogens with one attached hydrogen (secondary N) is 1. The number of benzene rings is 1. The summed E-state index contributed by atoms with van der Waals surface area (Å²) in [6.07, 6.45) is 2.27. The van der Waals surface area contributed by atoms with E-state index in [-0.39, 0.29) is 16.7 Å². The molecule has 1 N–H and O–H groups in total. The molecule has 3 nitrogen and oxygen atoms in total. The van der Waals surface area contributed by atoms with E-state index in [0.29, 0.717) is 25.0 Å². The standard InChI is InChI=1S/C16H20BrNO2/c1-20-9-11(17)8-18-16(19)15-13-7-6-10-4-2-3-5-12(10)14(13)15/h2-5,11,13-15H,6-9H2,1H3,(H,18,19). The summed E-state index contributed by atoms with van der Waals surface area (Å²) in [5.41, 5.74) is 2.83. The number of hydrogen-bond donors (Lipinski definition) is 1. The highest BCUT2D eigenvalue weighted by molar-refractivity contribution is 9.09. The normalized spacial score (nSPS) is 28.2. The molecular weight excluding hydrogens is 318 g/mol. The molecule has 1 amide bonds. The number of amides is 1. The minimum atomic E-state index is 0.181. The maximum Gasteiger partial charge on any atom is 0.224 e. The quantitative estimate of drug-likeness (QED) is 0.838. The topological polar surface area (TPSA) is 38.3 Å². The summed E-state index contributed by atoms with van der Waals surface area (Å²) >= 11 is 3.50. The maximum absolute atomic E-state index is 12.3. The molecule has 1 aromatic rings. The molecule has 0 aromatic heterocycles. The highest BCUT2D eigenvalue weighted by Crippen LogP contribution is 2.59. The first-order valence-electron chi connectivity index (χ1n) is 7.21. The second-order valence-corrected chi connectivity index (χ2v) is 7.05. The molecule has 0 bridgehead atoms. The van der Waals surface area contributed by atoms with Gasteiger partial charge in [-0.3, -0.25) is 4.79 Å². The number of halogens is 1. The Morgan fingerprint density at radius 3 is 3.10 bits per heavy atom. The summed E-state index contributed by atoms with van der Waals surface area (Å²) in [6, 6.07) is 8.57. The molecular formula is C16H20BrNO2. The molecule has 1 fully saturated rings. The molecule has 4 unspecified atom stereocenters. The van der Waals surface area contributed by atoms with Gasteiger partial charge in [0.1, 0.15) is 0 Å². The molecule has 0 aliphatic heterocycles. The first-order chi connectivity index (χ1) is 9.72. The molecule has 0 heterocycles. The van der Waals surface area contributed by atoms with Crippen molar-refractivity contribution < 1.29 is 9.53 Å². The SMILES string of the molecule is COCC(Br)CNC(=O)C1C2CCc3ccccc3C21. The van der Waals surface area contributed by atoms with Crippen molar-refractivity contribution in [1.29, 1.82) is 0 Å². The van der Waals surface area contributed by atoms with Crippen molar-refractivity contribution in [1.82, 2.24) is 5.32 Å². The Balaban J connectivity index is 1.60. The zero-order valence-corrected chi connectivity index (χ0v) is 13.2. The second-order valence-electron chi connectivity index (χ2n) is 5.75. The van der Waals surface area contributed by atoms with Crippen LogP contribution < -0.4 is 5.32 Å². The monoisotopic (exact) mass is 337 g/mol. The van der Waals surface area contributed by atoms with Crippen LogP contribution in [-0.4, -0.2) is 31.0 Å². The minimum Gasteiger partial charge on any atom is -0.383 e. The third-order valence-electron chi connectivity index (χ3n) is 4.48. The van der Waals surface area contributed by atoms with Crippen molar-refractivity contribution in [2.24, 2.45) is 11.8 Å². The molecule has 20 heavy (non-hydrogen) atoms. The van der Waals surface area contributed by atoms with Crippen molar-refractivity contribution in [3.63, 3.8) is 0 Å². The lowest BCUT2D eigenvalue weighted by Gasteiger charge is -2.13. The van der Waals surface area contributed by atoms with Gasteiger partial charge in [0.2, 0.25) is 5.91 Å². The molecule has 1 aromatic carbocycles. The fraction of sp³-hybridized carbons (Fsp3) is 0.562. The number of rotatable bonds is 5. The Morgan fingerprint density at radius 1 is 1.50 bits per heavy atom. The fourth-order valence-corrected chi connectivity index (χ4v) is 3.92. The van der Waals surface area contributed by atoms with Gasteiger partial charge in [0.05, 0.1) is 11.4 Å². The zero-order chi connectivity index (χ0) is 14.1. The Labute approximate surface area is 128 Å². The van der Waals surface area contributed by atoms with E-state index >= 15 is 0 Å². The number of ether oxygens (including phenoxy) is 1. The molecule has 4 heteroatoms. The first-order valence-corrected chi connectivity index (χ1v) is 8.12. The van der Waals surface area contributed by atoms with Gasteiger partial charge in [-0.1, -0.05) is 40.2 Å². The molecule has 2 aliphatic carbocycles. The molecule has 108 valence electrons. The second kappa shape index (κ2) is 5.86. The summed E-state index contributed by atoms with van der Waals surface area (Å²) in [5.74, 6) is 1.40. The van der Waals surface area contributed by atoms with Crippen LogP contribution in [0, 0.1) is 11.8 Å². The average Bonchev–Trinajstić information content (AvgIpc) is 3.20. The number of carbonyl (C=O) groups excluding carboxylic acids is 1. The minimum absolute atomic E-state index is 0.181. The molecule has 0 radical (unpaired) electrons. The maximum atomic E-state index is 12.3. The van der Waals surface area contributed by atoms with Gasteiger partial charge in [0.15, 0.2) is 0 Å². The van der Waals surface area contributed by atoms with Crippen LogP contribution in [0.2, 0.25) is 0 Å². The summed E-state index contributed by atoms with van der Waals surface area (Å²) in [5, 5.41) is 3.05. The van der Waals surface area contributed by atoms with Crippen molar-refractivity contribution in [2.45, 2.75) is 23.6 Å². The smallest absolute Gasteiger partial charge is 0.224 e. The molecule has 4 atom stereocenters. The van der Waals surface area contributed by atoms with Gasteiger partial charge in [-0.2, -0.15) is 0 Å². The van der Waals surface area contributed by atoms with Gasteiger partial charge in [0.25, 0.3) is 0 Å². The van der Waals surface area contributed by atoms with Crippen molar-refractivity contribution in [3.05, 3.63) is 35.4 Å². The van der Waals surface area contributed by atoms with Gasteiger partial charge < -0.3 is 10.1 Å². The molecule has 3 rings (SSSR count). The van der Waals surface area contributed by atoms with Crippen LogP contribution in [0.15, 0.2) is 24.3 Å². The fourth-order valence-electron chi connectivity index (χ4n) is 3.49. The lowest BCUT2D eigenvalue weighted by atomic mass is 9.92. The Bertz CT molecular complexity index is 505. The van der Waals surface area contributed by atoms with E-state index < -0.39 is 0 Å². The average molecular weight is 338 g/mol. The lowest BCUT2D eigenvalue weighted by Crippen LogP contribution is -2.33. The highest BCUT2D eigenvalue weighted by atomic mass is 79.9. The van der Waals surface area contributed by atoms with Crippen LogP contribution in [0.25, 0.3) is 0 Å². The number of carbonyl (C=O) groups is 1. The van der Waals surface area contributed by atoms with E-state index in [1.807, 2.05) is 0 Å². The third-order valence-corrected chi connectivity index (χ3v) is 5.07. The largest absolute Gasteiger partial charge is 0.383 e. The van der Waals surface area contributed by atoms with Gasteiger partial charge in [-0.25, -0.2) is 0 Å². The molecule has 0 spiro atoms. The summed E-state index contributed by atoms with van der Waals surface area (Å²) in [7, 11) is 1.67. The Hall–Kier alpha value is -0.870. The van der Waals surface area contributed by atoms with Crippen LogP contribution in [0.1, 0.15) is 23.5 Å². The van der Waals surface area contributed by atoms with E-state index in [4.69, 9.17) is 4.74 Å². The van der Waals surface area contributed by atoms with Crippen molar-refractivity contribution in [3.8, 4) is 0 Å². The van der Waals surface area contributed by atoms with Crippen LogP contribution in [0.4, 0.5) is 0 Å². The van der Waals surface area contributed by atoms with Gasteiger partial charge in [-0.05, 0) is 35.8 Å². The van der Waals surface area contributed by atoms with E-state index in [9.17, 15) is 4.79 Å². The summed E-state index contributed by atoms with van der Waals surface area (Å²) in [6.45, 7) is 1.24. The Kier molecular flexibility index (Phi) is 4.13. The number of aryl methyl sites for hydroxylation is 1. The van der Waals surface area contributed by atoms with Gasteiger partial charge in [0, 0.05) is 19.6 Å². The molecule has 2 aliphatic rings. The highest BCUT2D eigenvalue weighted by Gasteiger charge is 2.56. The molecule has 0 saturated heterocycles. The van der Waals surface area contributed by atoms with E-state index in [0.717, 1.165) is 12.8 Å². The summed E-state index contributed by atoms with van der Waals surface area (Å²) in [4.78, 5) is 12.5. The van der Waals surface area contributed by atoms with Crippen LogP contribution in [0.5, 0.6) is 0 Å². The number of fused-ring (bicyclic) bond motifs is 3. The number of methoxy groups -OCH3 is 1. The van der Waals surface area contributed by atoms with E-state index in [1.54, 1.807) is 7.11 Å². The van der Waals surface area contributed by atoms with E-state index in [2.05, 4.69) is 45.5 Å².